The number of hydrogen-bond donors (Lipinski definition) is 1. The minimum Gasteiger partial charge on any atom is -0.382 e. The average Bonchev–Trinajstić information content (AvgIpc) is 3.12. The lowest BCUT2D eigenvalue weighted by atomic mass is 10.1. The molecule has 0 bridgehead atoms. The van der Waals surface area contributed by atoms with Gasteiger partial charge in [-0.1, -0.05) is 6.07 Å². The van der Waals surface area contributed by atoms with Crippen LogP contribution >= 0.6 is 0 Å². The van der Waals surface area contributed by atoms with Crippen LogP contribution in [-0.2, 0) is 4.79 Å². The Morgan fingerprint density at radius 2 is 2.12 bits per heavy atom. The second-order valence-electron chi connectivity index (χ2n) is 5.91. The lowest BCUT2D eigenvalue weighted by Gasteiger charge is -2.18. The molecule has 2 N–H and O–H groups in total. The Hall–Kier alpha value is -3.14. The molecule has 1 aliphatic rings. The molecule has 0 aliphatic carbocycles. The molecule has 0 saturated carbocycles. The van der Waals surface area contributed by atoms with Crippen LogP contribution in [0.2, 0.25) is 0 Å². The van der Waals surface area contributed by atoms with Crippen molar-refractivity contribution in [2.75, 3.05) is 17.2 Å². The molecule has 1 saturated heterocycles. The van der Waals surface area contributed by atoms with E-state index >= 15 is 0 Å². The van der Waals surface area contributed by atoms with Crippen LogP contribution in [0.25, 0.3) is 0 Å². The molecule has 0 spiro atoms. The summed E-state index contributed by atoms with van der Waals surface area (Å²) in [5.74, 6) is -1.62. The molecule has 7 heteroatoms. The van der Waals surface area contributed by atoms with Crippen molar-refractivity contribution in [1.82, 2.24) is 9.78 Å². The van der Waals surface area contributed by atoms with Crippen molar-refractivity contribution >= 4 is 23.3 Å². The van der Waals surface area contributed by atoms with Crippen molar-refractivity contribution in [1.29, 1.82) is 5.26 Å². The fourth-order valence-electron chi connectivity index (χ4n) is 2.83. The average molecular weight is 323 g/mol. The summed E-state index contributed by atoms with van der Waals surface area (Å²) in [5, 5.41) is 12.7. The van der Waals surface area contributed by atoms with E-state index in [1.165, 1.54) is 6.20 Å². The van der Waals surface area contributed by atoms with E-state index < -0.39 is 11.8 Å². The minimum absolute atomic E-state index is 0.0278. The standard InChI is InChI=1S/C17H17N5O2/c1-10-3-4-13(7-11(10)2)21-6-5-14(16(21)23)17(24)22-15(19)12(8-18)9-20-22/h3-4,7,9,14H,5-6,19H2,1-2H3. The van der Waals surface area contributed by atoms with E-state index in [-0.39, 0.29) is 17.3 Å². The first-order valence-electron chi connectivity index (χ1n) is 7.60. The molecule has 2 aromatic rings. The number of aromatic nitrogens is 2. The van der Waals surface area contributed by atoms with Crippen LogP contribution in [0.15, 0.2) is 24.4 Å². The molecule has 1 amide bonds. The molecule has 1 aromatic heterocycles. The summed E-state index contributed by atoms with van der Waals surface area (Å²) in [6.07, 6.45) is 1.62. The van der Waals surface area contributed by atoms with Gasteiger partial charge in [0.25, 0.3) is 5.91 Å². The van der Waals surface area contributed by atoms with E-state index in [1.54, 1.807) is 4.90 Å². The van der Waals surface area contributed by atoms with Crippen molar-refractivity contribution in [3.8, 4) is 6.07 Å². The molecular formula is C17H17N5O2. The number of nitrogens with two attached hydrogens (primary N) is 1. The van der Waals surface area contributed by atoms with Gasteiger partial charge in [0.15, 0.2) is 0 Å². The Kier molecular flexibility index (Phi) is 3.81. The Morgan fingerprint density at radius 3 is 2.75 bits per heavy atom. The van der Waals surface area contributed by atoms with Crippen LogP contribution in [0.5, 0.6) is 0 Å². The predicted octanol–water partition coefficient (Wildman–Crippen LogP) is 1.65. The van der Waals surface area contributed by atoms with Gasteiger partial charge < -0.3 is 10.6 Å². The fourth-order valence-corrected chi connectivity index (χ4v) is 2.83. The Labute approximate surface area is 139 Å². The van der Waals surface area contributed by atoms with Crippen molar-refractivity contribution in [2.24, 2.45) is 5.92 Å². The van der Waals surface area contributed by atoms with Gasteiger partial charge in [0.05, 0.1) is 6.20 Å². The van der Waals surface area contributed by atoms with Crippen LogP contribution in [0.3, 0.4) is 0 Å². The summed E-state index contributed by atoms with van der Waals surface area (Å²) in [6.45, 7) is 4.45. The van der Waals surface area contributed by atoms with E-state index in [0.29, 0.717) is 13.0 Å². The van der Waals surface area contributed by atoms with Gasteiger partial charge in [-0.2, -0.15) is 15.0 Å². The first kappa shape index (κ1) is 15.7. The van der Waals surface area contributed by atoms with Gasteiger partial charge in [-0.25, -0.2) is 0 Å². The summed E-state index contributed by atoms with van der Waals surface area (Å²) in [4.78, 5) is 26.8. The van der Waals surface area contributed by atoms with Gasteiger partial charge in [0.2, 0.25) is 5.91 Å². The third-order valence-corrected chi connectivity index (χ3v) is 4.44. The first-order chi connectivity index (χ1) is 11.4. The van der Waals surface area contributed by atoms with Gasteiger partial charge in [-0.05, 0) is 43.5 Å². The van der Waals surface area contributed by atoms with Gasteiger partial charge in [-0.15, -0.1) is 0 Å². The van der Waals surface area contributed by atoms with Crippen LogP contribution in [0, 0.1) is 31.1 Å². The highest BCUT2D eigenvalue weighted by atomic mass is 16.2. The zero-order valence-corrected chi connectivity index (χ0v) is 13.5. The SMILES string of the molecule is Cc1ccc(N2CCC(C(=O)n3ncc(C#N)c3N)C2=O)cc1C. The molecule has 3 rings (SSSR count). The number of nitrogens with zero attached hydrogens (tertiary/aromatic N) is 4. The third-order valence-electron chi connectivity index (χ3n) is 4.44. The number of carbonyl (C=O) groups is 2. The smallest absolute Gasteiger partial charge is 0.261 e. The van der Waals surface area contributed by atoms with Crippen molar-refractivity contribution in [3.05, 3.63) is 41.1 Å². The number of hydrogen-bond acceptors (Lipinski definition) is 5. The van der Waals surface area contributed by atoms with Crippen molar-refractivity contribution in [3.63, 3.8) is 0 Å². The fraction of sp³-hybridized carbons (Fsp3) is 0.294. The number of nitrogen functional groups attached to an aromatic ring is 1. The number of nitriles is 1. The molecule has 24 heavy (non-hydrogen) atoms. The molecule has 1 atom stereocenters. The minimum atomic E-state index is -0.833. The highest BCUT2D eigenvalue weighted by molar-refractivity contribution is 6.10. The summed E-state index contributed by atoms with van der Waals surface area (Å²) >= 11 is 0. The highest BCUT2D eigenvalue weighted by Gasteiger charge is 2.39. The number of benzene rings is 1. The predicted molar refractivity (Wildman–Crippen MR) is 88.4 cm³/mol. The lowest BCUT2D eigenvalue weighted by Crippen LogP contribution is -2.33. The third kappa shape index (κ3) is 2.42. The Bertz CT molecular complexity index is 878. The van der Waals surface area contributed by atoms with Gasteiger partial charge in [0.1, 0.15) is 23.4 Å². The van der Waals surface area contributed by atoms with Gasteiger partial charge in [0, 0.05) is 12.2 Å². The van der Waals surface area contributed by atoms with E-state index in [2.05, 4.69) is 5.10 Å². The topological polar surface area (TPSA) is 105 Å². The molecule has 0 radical (unpaired) electrons. The zero-order valence-electron chi connectivity index (χ0n) is 13.5. The van der Waals surface area contributed by atoms with Crippen LogP contribution in [-0.4, -0.2) is 28.1 Å². The molecule has 1 fully saturated rings. The number of carbonyl (C=O) groups excluding carboxylic acids is 2. The monoisotopic (exact) mass is 323 g/mol. The molecule has 122 valence electrons. The maximum absolute atomic E-state index is 12.7. The second kappa shape index (κ2) is 5.81. The highest BCUT2D eigenvalue weighted by Crippen LogP contribution is 2.28. The largest absolute Gasteiger partial charge is 0.382 e. The summed E-state index contributed by atoms with van der Waals surface area (Å²) in [5.41, 5.74) is 8.88. The van der Waals surface area contributed by atoms with Crippen molar-refractivity contribution < 1.29 is 9.59 Å². The van der Waals surface area contributed by atoms with Crippen LogP contribution < -0.4 is 10.6 Å². The van der Waals surface area contributed by atoms with E-state index in [0.717, 1.165) is 21.5 Å². The van der Waals surface area contributed by atoms with E-state index in [9.17, 15) is 9.59 Å². The number of amides is 1. The van der Waals surface area contributed by atoms with Crippen LogP contribution in [0.1, 0.15) is 27.9 Å². The molecule has 7 nitrogen and oxygen atoms in total. The van der Waals surface area contributed by atoms with Gasteiger partial charge >= 0.3 is 0 Å². The molecule has 1 aromatic carbocycles. The molecule has 1 aliphatic heterocycles. The zero-order chi connectivity index (χ0) is 17.4. The van der Waals surface area contributed by atoms with E-state index in [1.807, 2.05) is 38.1 Å². The Morgan fingerprint density at radius 1 is 1.38 bits per heavy atom. The number of anilines is 2. The molecule has 2 heterocycles. The maximum Gasteiger partial charge on any atom is 0.261 e. The summed E-state index contributed by atoms with van der Waals surface area (Å²) < 4.78 is 0.949. The number of rotatable bonds is 2. The molecular weight excluding hydrogens is 306 g/mol. The van der Waals surface area contributed by atoms with E-state index in [4.69, 9.17) is 11.0 Å². The number of aryl methyl sites for hydroxylation is 2. The van der Waals surface area contributed by atoms with Crippen molar-refractivity contribution in [2.45, 2.75) is 20.3 Å². The second-order valence-corrected chi connectivity index (χ2v) is 5.91. The summed E-state index contributed by atoms with van der Waals surface area (Å²) in [6, 6.07) is 7.64. The van der Waals surface area contributed by atoms with Crippen LogP contribution in [0.4, 0.5) is 11.5 Å². The lowest BCUT2D eigenvalue weighted by molar-refractivity contribution is -0.119. The molecule has 1 unspecified atom stereocenters. The summed E-state index contributed by atoms with van der Waals surface area (Å²) in [7, 11) is 0. The Balaban J connectivity index is 1.85. The van der Waals surface area contributed by atoms with Gasteiger partial charge in [-0.3, -0.25) is 9.59 Å². The maximum atomic E-state index is 12.7. The first-order valence-corrected chi connectivity index (χ1v) is 7.60. The quantitative estimate of drug-likeness (QED) is 0.846. The normalized spacial score (nSPS) is 17.1.